The molecule has 0 aliphatic heterocycles. The topological polar surface area (TPSA) is 69.6 Å². The lowest BCUT2D eigenvalue weighted by atomic mass is 10.1. The zero-order chi connectivity index (χ0) is 17.2. The Morgan fingerprint density at radius 3 is 2.80 bits per heavy atom. The van der Waals surface area contributed by atoms with E-state index in [4.69, 9.17) is 4.52 Å². The monoisotopic (exact) mass is 333 g/mol. The average Bonchev–Trinajstić information content (AvgIpc) is 3.26. The zero-order valence-electron chi connectivity index (χ0n) is 14.3. The van der Waals surface area contributed by atoms with Crippen LogP contribution in [0.4, 0.5) is 0 Å². The molecule has 0 fully saturated rings. The quantitative estimate of drug-likeness (QED) is 0.546. The Morgan fingerprint density at radius 1 is 1.12 bits per heavy atom. The summed E-state index contributed by atoms with van der Waals surface area (Å²) in [6, 6.07) is 8.01. The van der Waals surface area contributed by atoms with E-state index in [1.54, 1.807) is 13.1 Å². The van der Waals surface area contributed by atoms with Gasteiger partial charge in [-0.1, -0.05) is 18.5 Å². The largest absolute Gasteiger partial charge is 0.346 e. The first-order chi connectivity index (χ1) is 12.2. The molecule has 0 aliphatic rings. The highest BCUT2D eigenvalue weighted by Crippen LogP contribution is 2.25. The molecule has 4 rings (SSSR count). The molecule has 126 valence electrons. The number of unbranched alkanes of at least 4 members (excludes halogenated alkanes) is 1. The Balaban J connectivity index is 1.70. The second kappa shape index (κ2) is 6.47. The maximum absolute atomic E-state index is 5.06. The highest BCUT2D eigenvalue weighted by Gasteiger charge is 2.10. The summed E-state index contributed by atoms with van der Waals surface area (Å²) in [5.41, 5.74) is 3.65. The molecule has 0 bridgehead atoms. The normalized spacial score (nSPS) is 11.3. The van der Waals surface area contributed by atoms with Crippen molar-refractivity contribution in [1.82, 2.24) is 24.7 Å². The van der Waals surface area contributed by atoms with E-state index in [0.29, 0.717) is 11.7 Å². The fourth-order valence-corrected chi connectivity index (χ4v) is 2.88. The minimum atomic E-state index is 0.543. The van der Waals surface area contributed by atoms with Crippen molar-refractivity contribution in [3.63, 3.8) is 0 Å². The van der Waals surface area contributed by atoms with Gasteiger partial charge in [0, 0.05) is 36.8 Å². The molecule has 0 radical (unpaired) electrons. The number of aromatic nitrogens is 5. The lowest BCUT2D eigenvalue weighted by Gasteiger charge is -2.05. The molecular formula is C19H19N5O. The maximum atomic E-state index is 5.06. The minimum Gasteiger partial charge on any atom is -0.346 e. The minimum absolute atomic E-state index is 0.543. The van der Waals surface area contributed by atoms with Gasteiger partial charge in [0.1, 0.15) is 0 Å². The highest BCUT2D eigenvalue weighted by atomic mass is 16.5. The number of hydrogen-bond acceptors (Lipinski definition) is 5. The maximum Gasteiger partial charge on any atom is 0.223 e. The van der Waals surface area contributed by atoms with Crippen molar-refractivity contribution in [3.8, 4) is 22.8 Å². The summed E-state index contributed by atoms with van der Waals surface area (Å²) in [6.45, 7) is 5.00. The van der Waals surface area contributed by atoms with Crippen LogP contribution in [0.2, 0.25) is 0 Å². The fourth-order valence-electron chi connectivity index (χ4n) is 2.88. The summed E-state index contributed by atoms with van der Waals surface area (Å²) < 4.78 is 7.31. The summed E-state index contributed by atoms with van der Waals surface area (Å²) in [4.78, 5) is 13.3. The predicted molar refractivity (Wildman–Crippen MR) is 95.9 cm³/mol. The van der Waals surface area contributed by atoms with Gasteiger partial charge in [-0.3, -0.25) is 9.97 Å². The molecule has 0 aromatic carbocycles. The molecule has 25 heavy (non-hydrogen) atoms. The number of pyridine rings is 2. The smallest absolute Gasteiger partial charge is 0.223 e. The lowest BCUT2D eigenvalue weighted by molar-refractivity contribution is 0.394. The van der Waals surface area contributed by atoms with Crippen molar-refractivity contribution >= 4 is 10.9 Å². The first kappa shape index (κ1) is 15.5. The Bertz CT molecular complexity index is 1020. The third kappa shape index (κ3) is 3.03. The van der Waals surface area contributed by atoms with E-state index in [9.17, 15) is 0 Å². The van der Waals surface area contributed by atoms with Crippen molar-refractivity contribution < 1.29 is 4.52 Å². The van der Waals surface area contributed by atoms with E-state index in [-0.39, 0.29) is 0 Å². The molecular weight excluding hydrogens is 314 g/mol. The van der Waals surface area contributed by atoms with Gasteiger partial charge >= 0.3 is 0 Å². The standard InChI is InChI=1S/C19H19N5O/c1-3-4-8-24-9-6-14-10-17(21-12-18(14)24)16-11-15(5-7-20-16)19-22-13(2)25-23-19/h5-7,9-12H,3-4,8H2,1-2H3. The molecule has 0 N–H and O–H groups in total. The van der Waals surface area contributed by atoms with E-state index >= 15 is 0 Å². The molecule has 6 nitrogen and oxygen atoms in total. The number of rotatable bonds is 5. The van der Waals surface area contributed by atoms with Crippen molar-refractivity contribution in [2.75, 3.05) is 0 Å². The van der Waals surface area contributed by atoms with Gasteiger partial charge < -0.3 is 9.09 Å². The van der Waals surface area contributed by atoms with Gasteiger partial charge in [-0.25, -0.2) is 0 Å². The van der Waals surface area contributed by atoms with Crippen molar-refractivity contribution in [2.24, 2.45) is 0 Å². The number of aryl methyl sites for hydroxylation is 2. The molecule has 0 unspecified atom stereocenters. The molecule has 0 spiro atoms. The van der Waals surface area contributed by atoms with Crippen LogP contribution < -0.4 is 0 Å². The SMILES string of the molecule is CCCCn1ccc2cc(-c3cc(-c4noc(C)n4)ccn3)ncc21. The first-order valence-electron chi connectivity index (χ1n) is 8.46. The number of hydrogen-bond donors (Lipinski definition) is 0. The molecule has 0 atom stereocenters. The van der Waals surface area contributed by atoms with Crippen molar-refractivity contribution in [3.05, 3.63) is 48.7 Å². The second-order valence-electron chi connectivity index (χ2n) is 6.06. The van der Waals surface area contributed by atoms with E-state index in [0.717, 1.165) is 29.0 Å². The fraction of sp³-hybridized carbons (Fsp3) is 0.263. The van der Waals surface area contributed by atoms with Crippen LogP contribution in [-0.2, 0) is 6.54 Å². The Hall–Kier alpha value is -3.02. The summed E-state index contributed by atoms with van der Waals surface area (Å²) in [5.74, 6) is 1.11. The van der Waals surface area contributed by atoms with Gasteiger partial charge in [-0.05, 0) is 30.7 Å². The number of nitrogens with zero attached hydrogens (tertiary/aromatic N) is 5. The van der Waals surface area contributed by atoms with Gasteiger partial charge in [0.25, 0.3) is 0 Å². The zero-order valence-corrected chi connectivity index (χ0v) is 14.3. The third-order valence-electron chi connectivity index (χ3n) is 4.22. The van der Waals surface area contributed by atoms with Crippen LogP contribution in [-0.4, -0.2) is 24.7 Å². The Morgan fingerprint density at radius 2 is 2.00 bits per heavy atom. The number of fused-ring (bicyclic) bond motifs is 1. The van der Waals surface area contributed by atoms with Gasteiger partial charge in [0.2, 0.25) is 11.7 Å². The van der Waals surface area contributed by atoms with E-state index in [2.05, 4.69) is 49.9 Å². The predicted octanol–water partition coefficient (Wildman–Crippen LogP) is 4.26. The van der Waals surface area contributed by atoms with Crippen LogP contribution in [0.3, 0.4) is 0 Å². The molecule has 0 aliphatic carbocycles. The van der Waals surface area contributed by atoms with Gasteiger partial charge in [-0.15, -0.1) is 0 Å². The van der Waals surface area contributed by atoms with Crippen LogP contribution >= 0.6 is 0 Å². The second-order valence-corrected chi connectivity index (χ2v) is 6.06. The highest BCUT2D eigenvalue weighted by molar-refractivity contribution is 5.83. The van der Waals surface area contributed by atoms with Crippen molar-refractivity contribution in [1.29, 1.82) is 0 Å². The third-order valence-corrected chi connectivity index (χ3v) is 4.22. The van der Waals surface area contributed by atoms with Gasteiger partial charge in [0.05, 0.1) is 23.1 Å². The van der Waals surface area contributed by atoms with E-state index in [1.165, 1.54) is 18.2 Å². The molecule has 4 aromatic heterocycles. The van der Waals surface area contributed by atoms with Crippen LogP contribution in [0.25, 0.3) is 33.7 Å². The summed E-state index contributed by atoms with van der Waals surface area (Å²) in [7, 11) is 0. The first-order valence-corrected chi connectivity index (χ1v) is 8.46. The summed E-state index contributed by atoms with van der Waals surface area (Å²) in [6.07, 6.45) is 8.14. The van der Waals surface area contributed by atoms with E-state index in [1.807, 2.05) is 18.3 Å². The van der Waals surface area contributed by atoms with Gasteiger partial charge in [-0.2, -0.15) is 4.98 Å². The average molecular weight is 333 g/mol. The van der Waals surface area contributed by atoms with E-state index < -0.39 is 0 Å². The summed E-state index contributed by atoms with van der Waals surface area (Å²) >= 11 is 0. The van der Waals surface area contributed by atoms with Crippen LogP contribution in [0.15, 0.2) is 47.4 Å². The molecule has 4 aromatic rings. The molecule has 0 saturated carbocycles. The Labute approximate surface area is 145 Å². The van der Waals surface area contributed by atoms with Gasteiger partial charge in [0.15, 0.2) is 0 Å². The summed E-state index contributed by atoms with van der Waals surface area (Å²) in [5, 5.41) is 5.14. The molecule has 6 heteroatoms. The van der Waals surface area contributed by atoms with Crippen LogP contribution in [0, 0.1) is 6.92 Å². The van der Waals surface area contributed by atoms with Crippen molar-refractivity contribution in [2.45, 2.75) is 33.2 Å². The van der Waals surface area contributed by atoms with Crippen LogP contribution in [0.5, 0.6) is 0 Å². The van der Waals surface area contributed by atoms with Crippen LogP contribution in [0.1, 0.15) is 25.7 Å². The Kier molecular flexibility index (Phi) is 4.01. The molecule has 4 heterocycles. The molecule has 0 saturated heterocycles. The molecule has 0 amide bonds. The lowest BCUT2D eigenvalue weighted by Crippen LogP contribution is -1.96.